The molecule has 11 rings (SSSR count). The smallest absolute Gasteiger partial charge is 0.293 e. The van der Waals surface area contributed by atoms with E-state index in [1.165, 1.54) is 0 Å². The van der Waals surface area contributed by atoms with Crippen molar-refractivity contribution in [2.75, 3.05) is 53.2 Å². The van der Waals surface area contributed by atoms with E-state index in [1.54, 1.807) is 24.1 Å². The largest absolute Gasteiger partial charge is 0.355 e. The molecule has 4 aromatic carbocycles. The number of hydrogen-bond acceptors (Lipinski definition) is 10. The quantitative estimate of drug-likeness (QED) is 0.164. The Hall–Kier alpha value is -7.36. The first-order valence-corrected chi connectivity index (χ1v) is 24.2. The van der Waals surface area contributed by atoms with Gasteiger partial charge in [0.15, 0.2) is 11.6 Å². The third-order valence-electron chi connectivity index (χ3n) is 14.7. The number of carbonyl (C=O) groups excluding carboxylic acids is 4. The standard InChI is InChI=1S/C52H56N12O4/c1-33-49(65)53-41-25-23-35(31-43(41)61(33)37-15-10-11-16-37)47-54-45(56-63(47)39-19-6-4-7-20-39)51(67)59-27-14-28-60(30-29-59)52(68)46-55-48(64(57-46)40-21-8-5-9-22-40)36-24-26-42-44(32-36)62(38-17-12-13-18-38)34(2)50(66)58(42)3/h4-9,19-26,31-34,37-38H,10-18,27-30H2,1-3H3,(H,53,65)/t33-,34-/m1/s1. The van der Waals surface area contributed by atoms with E-state index in [9.17, 15) is 19.2 Å². The summed E-state index contributed by atoms with van der Waals surface area (Å²) in [4.78, 5) is 75.1. The normalized spacial score (nSPS) is 20.1. The first kappa shape index (κ1) is 43.2. The van der Waals surface area contributed by atoms with Gasteiger partial charge >= 0.3 is 0 Å². The minimum Gasteiger partial charge on any atom is -0.355 e. The average Bonchev–Trinajstić information content (AvgIpc) is 4.22. The first-order chi connectivity index (χ1) is 33.1. The molecule has 4 amide bonds. The minimum atomic E-state index is -0.323. The van der Waals surface area contributed by atoms with Gasteiger partial charge in [-0.15, -0.1) is 10.2 Å². The number of nitrogens with one attached hydrogen (secondary N) is 1. The lowest BCUT2D eigenvalue weighted by Gasteiger charge is -2.43. The molecule has 348 valence electrons. The average molecular weight is 913 g/mol. The summed E-state index contributed by atoms with van der Waals surface area (Å²) in [6, 6.07) is 31.2. The summed E-state index contributed by atoms with van der Waals surface area (Å²) in [7, 11) is 1.83. The third-order valence-corrected chi connectivity index (χ3v) is 14.7. The van der Waals surface area contributed by atoms with Crippen molar-refractivity contribution in [2.24, 2.45) is 0 Å². The molecule has 0 radical (unpaired) electrons. The Labute approximate surface area is 395 Å². The Kier molecular flexibility index (Phi) is 11.3. The number of rotatable bonds is 8. The van der Waals surface area contributed by atoms with E-state index in [2.05, 4.69) is 27.2 Å². The molecule has 2 aliphatic carbocycles. The molecule has 0 bridgehead atoms. The van der Waals surface area contributed by atoms with Crippen LogP contribution in [-0.2, 0) is 9.59 Å². The highest BCUT2D eigenvalue weighted by molar-refractivity contribution is 6.06. The highest BCUT2D eigenvalue weighted by Crippen LogP contribution is 2.43. The second kappa shape index (κ2) is 17.7. The Morgan fingerprint density at radius 1 is 0.559 bits per heavy atom. The van der Waals surface area contributed by atoms with E-state index in [-0.39, 0.29) is 72.5 Å². The number of fused-ring (bicyclic) bond motifs is 2. The van der Waals surface area contributed by atoms with Gasteiger partial charge in [0.1, 0.15) is 12.1 Å². The van der Waals surface area contributed by atoms with E-state index in [0.717, 1.165) is 96.6 Å². The molecular formula is C52H56N12O4. The summed E-state index contributed by atoms with van der Waals surface area (Å²) in [5.41, 5.74) is 6.62. The van der Waals surface area contributed by atoms with Crippen LogP contribution in [0.2, 0.25) is 0 Å². The van der Waals surface area contributed by atoms with Crippen molar-refractivity contribution in [3.05, 3.63) is 109 Å². The topological polar surface area (TPSA) is 158 Å². The van der Waals surface area contributed by atoms with Crippen molar-refractivity contribution in [2.45, 2.75) is 95.8 Å². The van der Waals surface area contributed by atoms with Crippen LogP contribution in [-0.4, -0.2) is 120 Å². The number of likely N-dealkylation sites (N-methyl/N-ethyl adjacent to an activating group) is 1. The number of anilines is 4. The van der Waals surface area contributed by atoms with Crippen LogP contribution in [0.5, 0.6) is 0 Å². The molecule has 0 unspecified atom stereocenters. The SMILES string of the molecule is C[C@@H]1C(=O)Nc2ccc(-c3nc(C(=O)N4CCCN(C(=O)c5nc(-c6ccc7c(c6)N(C6CCCC6)[C@H](C)C(=O)N7C)n(-c6ccccc6)n5)CC4)nn3-c3ccccc3)cc2N1C1CCCC1. The van der Waals surface area contributed by atoms with Crippen LogP contribution < -0.4 is 20.0 Å². The Bertz CT molecular complexity index is 2900. The molecule has 16 nitrogen and oxygen atoms in total. The first-order valence-electron chi connectivity index (χ1n) is 24.2. The number of aromatic nitrogens is 6. The molecule has 3 fully saturated rings. The molecule has 2 atom stereocenters. The van der Waals surface area contributed by atoms with E-state index in [0.29, 0.717) is 31.2 Å². The van der Waals surface area contributed by atoms with Crippen LogP contribution in [0.25, 0.3) is 34.2 Å². The molecule has 5 heterocycles. The van der Waals surface area contributed by atoms with Gasteiger partial charge < -0.3 is 29.8 Å². The summed E-state index contributed by atoms with van der Waals surface area (Å²) in [5.74, 6) is 0.570. The molecule has 2 aromatic heterocycles. The predicted octanol–water partition coefficient (Wildman–Crippen LogP) is 7.37. The van der Waals surface area contributed by atoms with E-state index < -0.39 is 0 Å². The maximum atomic E-state index is 14.5. The molecule has 2 saturated carbocycles. The van der Waals surface area contributed by atoms with Crippen LogP contribution in [0.1, 0.15) is 92.9 Å². The van der Waals surface area contributed by atoms with E-state index in [1.807, 2.05) is 106 Å². The van der Waals surface area contributed by atoms with Gasteiger partial charge in [-0.25, -0.2) is 19.3 Å². The van der Waals surface area contributed by atoms with Crippen molar-refractivity contribution in [1.82, 2.24) is 39.3 Å². The molecule has 68 heavy (non-hydrogen) atoms. The van der Waals surface area contributed by atoms with Crippen molar-refractivity contribution >= 4 is 46.4 Å². The van der Waals surface area contributed by atoms with Crippen molar-refractivity contribution in [3.8, 4) is 34.2 Å². The van der Waals surface area contributed by atoms with Gasteiger partial charge in [-0.3, -0.25) is 19.2 Å². The number of carbonyl (C=O) groups is 4. The van der Waals surface area contributed by atoms with Gasteiger partial charge in [-0.2, -0.15) is 0 Å². The minimum absolute atomic E-state index is 0.0162. The molecule has 6 aromatic rings. The van der Waals surface area contributed by atoms with Gasteiger partial charge in [0.05, 0.1) is 34.1 Å². The molecule has 1 N–H and O–H groups in total. The number of hydrogen-bond donors (Lipinski definition) is 1. The lowest BCUT2D eigenvalue weighted by Crippen LogP contribution is -2.54. The van der Waals surface area contributed by atoms with Crippen LogP contribution in [0.4, 0.5) is 22.7 Å². The zero-order valence-corrected chi connectivity index (χ0v) is 38.8. The van der Waals surface area contributed by atoms with Gasteiger partial charge in [0, 0.05) is 56.4 Å². The highest BCUT2D eigenvalue weighted by Gasteiger charge is 2.40. The van der Waals surface area contributed by atoms with Crippen molar-refractivity contribution < 1.29 is 19.2 Å². The summed E-state index contributed by atoms with van der Waals surface area (Å²) in [6.45, 7) is 5.29. The number of nitrogens with zero attached hydrogens (tertiary/aromatic N) is 11. The van der Waals surface area contributed by atoms with Gasteiger partial charge in [0.25, 0.3) is 11.8 Å². The summed E-state index contributed by atoms with van der Waals surface area (Å²) < 4.78 is 3.44. The fraction of sp³-hybridized carbons (Fsp3) is 0.385. The zero-order chi connectivity index (χ0) is 46.6. The Morgan fingerprint density at radius 2 is 1.04 bits per heavy atom. The zero-order valence-electron chi connectivity index (χ0n) is 38.8. The molecule has 0 spiro atoms. The summed E-state index contributed by atoms with van der Waals surface area (Å²) >= 11 is 0. The van der Waals surface area contributed by atoms with Crippen LogP contribution in [0.3, 0.4) is 0 Å². The number of para-hydroxylation sites is 2. The van der Waals surface area contributed by atoms with Crippen LogP contribution in [0.15, 0.2) is 97.1 Å². The number of benzene rings is 4. The van der Waals surface area contributed by atoms with Crippen LogP contribution >= 0.6 is 0 Å². The summed E-state index contributed by atoms with van der Waals surface area (Å²) in [5, 5.41) is 12.8. The fourth-order valence-corrected chi connectivity index (χ4v) is 11.1. The predicted molar refractivity (Wildman–Crippen MR) is 260 cm³/mol. The maximum absolute atomic E-state index is 14.5. The van der Waals surface area contributed by atoms with Gasteiger partial charge in [-0.1, -0.05) is 62.1 Å². The molecular weight excluding hydrogens is 857 g/mol. The van der Waals surface area contributed by atoms with Crippen LogP contribution in [0, 0.1) is 0 Å². The Balaban J connectivity index is 0.869. The van der Waals surface area contributed by atoms with Gasteiger partial charge in [-0.05, 0) is 107 Å². The molecule has 3 aliphatic heterocycles. The summed E-state index contributed by atoms with van der Waals surface area (Å²) in [6.07, 6.45) is 9.21. The van der Waals surface area contributed by atoms with Crippen molar-refractivity contribution in [1.29, 1.82) is 0 Å². The molecule has 5 aliphatic rings. The van der Waals surface area contributed by atoms with E-state index >= 15 is 0 Å². The lowest BCUT2D eigenvalue weighted by molar-refractivity contribution is -0.119. The highest BCUT2D eigenvalue weighted by atomic mass is 16.2. The lowest BCUT2D eigenvalue weighted by atomic mass is 10.0. The Morgan fingerprint density at radius 3 is 1.57 bits per heavy atom. The van der Waals surface area contributed by atoms with E-state index in [4.69, 9.17) is 20.2 Å². The molecule has 16 heteroatoms. The fourth-order valence-electron chi connectivity index (χ4n) is 11.1. The monoisotopic (exact) mass is 912 g/mol. The van der Waals surface area contributed by atoms with Gasteiger partial charge in [0.2, 0.25) is 23.5 Å². The number of amides is 4. The maximum Gasteiger partial charge on any atom is 0.293 e. The second-order valence-electron chi connectivity index (χ2n) is 18.8. The molecule has 1 saturated heterocycles. The van der Waals surface area contributed by atoms with Crippen molar-refractivity contribution in [3.63, 3.8) is 0 Å². The second-order valence-corrected chi connectivity index (χ2v) is 18.8. The third kappa shape index (κ3) is 7.64.